The van der Waals surface area contributed by atoms with Crippen molar-refractivity contribution in [2.45, 2.75) is 19.8 Å². The molecule has 0 amide bonds. The minimum atomic E-state index is 0.649. The Morgan fingerprint density at radius 1 is 1.15 bits per heavy atom. The van der Waals surface area contributed by atoms with Crippen LogP contribution in [0.4, 0.5) is 0 Å². The number of ether oxygens (including phenoxy) is 1. The summed E-state index contributed by atoms with van der Waals surface area (Å²) < 4.78 is 5.98. The van der Waals surface area contributed by atoms with E-state index >= 15 is 0 Å². The van der Waals surface area contributed by atoms with Gasteiger partial charge in [-0.05, 0) is 47.7 Å². The predicted octanol–water partition coefficient (Wildman–Crippen LogP) is 3.86. The molecule has 2 nitrogen and oxygen atoms in total. The summed E-state index contributed by atoms with van der Waals surface area (Å²) >= 11 is 1.96. The van der Waals surface area contributed by atoms with Gasteiger partial charge in [0.2, 0.25) is 0 Å². The van der Waals surface area contributed by atoms with Gasteiger partial charge in [0.1, 0.15) is 5.75 Å². The lowest BCUT2D eigenvalue weighted by molar-refractivity contribution is 0.316. The Hall–Kier alpha value is -1.19. The van der Waals surface area contributed by atoms with Crippen LogP contribution < -0.4 is 10.5 Å². The summed E-state index contributed by atoms with van der Waals surface area (Å²) in [4.78, 5) is 0. The monoisotopic (exact) mass is 289 g/mol. The number of hydrogen-bond acceptors (Lipinski definition) is 3. The zero-order valence-corrected chi connectivity index (χ0v) is 12.9. The SMILES string of the molecule is CCSCCCOc1ccc2ccccc2c1CCN. The van der Waals surface area contributed by atoms with Crippen LogP contribution in [0.5, 0.6) is 5.75 Å². The van der Waals surface area contributed by atoms with Crippen LogP contribution in [0.1, 0.15) is 18.9 Å². The highest BCUT2D eigenvalue weighted by atomic mass is 32.2. The van der Waals surface area contributed by atoms with Gasteiger partial charge >= 0.3 is 0 Å². The lowest BCUT2D eigenvalue weighted by Gasteiger charge is -2.14. The van der Waals surface area contributed by atoms with Crippen LogP contribution in [0, 0.1) is 0 Å². The molecule has 20 heavy (non-hydrogen) atoms. The molecule has 2 aromatic carbocycles. The normalized spacial score (nSPS) is 10.9. The molecule has 2 N–H and O–H groups in total. The molecule has 0 bridgehead atoms. The average Bonchev–Trinajstić information content (AvgIpc) is 2.49. The van der Waals surface area contributed by atoms with Crippen LogP contribution in [-0.2, 0) is 6.42 Å². The van der Waals surface area contributed by atoms with E-state index in [0.29, 0.717) is 6.54 Å². The van der Waals surface area contributed by atoms with Crippen molar-refractivity contribution in [2.24, 2.45) is 5.73 Å². The van der Waals surface area contributed by atoms with E-state index in [1.807, 2.05) is 11.8 Å². The first-order valence-electron chi connectivity index (χ1n) is 7.28. The fraction of sp³-hybridized carbons (Fsp3) is 0.412. The Morgan fingerprint density at radius 3 is 2.80 bits per heavy atom. The largest absolute Gasteiger partial charge is 0.493 e. The third-order valence-corrected chi connectivity index (χ3v) is 4.27. The first-order valence-corrected chi connectivity index (χ1v) is 8.43. The molecule has 108 valence electrons. The van der Waals surface area contributed by atoms with E-state index in [1.54, 1.807) is 0 Å². The molecule has 0 saturated carbocycles. The lowest BCUT2D eigenvalue weighted by atomic mass is 10.0. The molecule has 0 aliphatic carbocycles. The van der Waals surface area contributed by atoms with Crippen molar-refractivity contribution in [2.75, 3.05) is 24.7 Å². The number of hydrogen-bond donors (Lipinski definition) is 1. The van der Waals surface area contributed by atoms with Crippen LogP contribution >= 0.6 is 11.8 Å². The fourth-order valence-electron chi connectivity index (χ4n) is 2.34. The molecule has 2 rings (SSSR count). The standard InChI is InChI=1S/C17H23NOS/c1-2-20-13-5-12-19-17-9-8-14-6-3-4-7-15(14)16(17)10-11-18/h3-4,6-9H,2,5,10-13,18H2,1H3. The second-order valence-corrected chi connectivity index (χ2v) is 6.09. The number of benzene rings is 2. The van der Waals surface area contributed by atoms with Crippen molar-refractivity contribution in [1.29, 1.82) is 0 Å². The van der Waals surface area contributed by atoms with Gasteiger partial charge in [-0.15, -0.1) is 0 Å². The van der Waals surface area contributed by atoms with Gasteiger partial charge in [-0.1, -0.05) is 37.3 Å². The van der Waals surface area contributed by atoms with Crippen molar-refractivity contribution >= 4 is 22.5 Å². The smallest absolute Gasteiger partial charge is 0.123 e. The van der Waals surface area contributed by atoms with E-state index in [1.165, 1.54) is 22.1 Å². The van der Waals surface area contributed by atoms with Gasteiger partial charge in [0.15, 0.2) is 0 Å². The highest BCUT2D eigenvalue weighted by Gasteiger charge is 2.08. The molecule has 0 spiro atoms. The molecule has 0 fully saturated rings. The molecule has 0 saturated heterocycles. The van der Waals surface area contributed by atoms with E-state index < -0.39 is 0 Å². The number of fused-ring (bicyclic) bond motifs is 1. The second-order valence-electron chi connectivity index (χ2n) is 4.70. The minimum Gasteiger partial charge on any atom is -0.493 e. The van der Waals surface area contributed by atoms with Gasteiger partial charge in [0, 0.05) is 5.56 Å². The summed E-state index contributed by atoms with van der Waals surface area (Å²) in [6, 6.07) is 12.6. The molecular formula is C17H23NOS. The summed E-state index contributed by atoms with van der Waals surface area (Å²) in [6.07, 6.45) is 1.95. The maximum absolute atomic E-state index is 5.98. The second kappa shape index (κ2) is 8.18. The molecule has 0 heterocycles. The number of nitrogens with two attached hydrogens (primary N) is 1. The van der Waals surface area contributed by atoms with Crippen LogP contribution in [0.15, 0.2) is 36.4 Å². The fourth-order valence-corrected chi connectivity index (χ4v) is 2.95. The van der Waals surface area contributed by atoms with Crippen molar-refractivity contribution < 1.29 is 4.74 Å². The highest BCUT2D eigenvalue weighted by molar-refractivity contribution is 7.99. The summed E-state index contributed by atoms with van der Waals surface area (Å²) in [5, 5.41) is 2.52. The van der Waals surface area contributed by atoms with Crippen molar-refractivity contribution in [3.05, 3.63) is 42.0 Å². The van der Waals surface area contributed by atoms with E-state index in [4.69, 9.17) is 10.5 Å². The number of rotatable bonds is 8. The van der Waals surface area contributed by atoms with Crippen LogP contribution in [0.25, 0.3) is 10.8 Å². The Morgan fingerprint density at radius 2 is 2.00 bits per heavy atom. The Bertz CT molecular complexity index is 542. The third-order valence-electron chi connectivity index (χ3n) is 3.29. The third kappa shape index (κ3) is 3.90. The van der Waals surface area contributed by atoms with E-state index in [-0.39, 0.29) is 0 Å². The highest BCUT2D eigenvalue weighted by Crippen LogP contribution is 2.28. The summed E-state index contributed by atoms with van der Waals surface area (Å²) in [6.45, 7) is 3.62. The molecule has 0 unspecified atom stereocenters. The molecule has 0 radical (unpaired) electrons. The Labute approximate surface area is 125 Å². The zero-order chi connectivity index (χ0) is 14.2. The maximum Gasteiger partial charge on any atom is 0.123 e. The van der Waals surface area contributed by atoms with Crippen LogP contribution in [-0.4, -0.2) is 24.7 Å². The van der Waals surface area contributed by atoms with E-state index in [0.717, 1.165) is 31.0 Å². The number of thioether (sulfide) groups is 1. The van der Waals surface area contributed by atoms with Gasteiger partial charge in [-0.2, -0.15) is 11.8 Å². The Balaban J connectivity index is 2.13. The van der Waals surface area contributed by atoms with Crippen LogP contribution in [0.2, 0.25) is 0 Å². The maximum atomic E-state index is 5.98. The lowest BCUT2D eigenvalue weighted by Crippen LogP contribution is -2.07. The predicted molar refractivity (Wildman–Crippen MR) is 89.8 cm³/mol. The van der Waals surface area contributed by atoms with Gasteiger partial charge < -0.3 is 10.5 Å². The van der Waals surface area contributed by atoms with E-state index in [9.17, 15) is 0 Å². The minimum absolute atomic E-state index is 0.649. The van der Waals surface area contributed by atoms with Gasteiger partial charge in [-0.3, -0.25) is 0 Å². The molecule has 3 heteroatoms. The van der Waals surface area contributed by atoms with Gasteiger partial charge in [-0.25, -0.2) is 0 Å². The van der Waals surface area contributed by atoms with E-state index in [2.05, 4.69) is 43.3 Å². The van der Waals surface area contributed by atoms with Crippen molar-refractivity contribution in [1.82, 2.24) is 0 Å². The summed E-state index contributed by atoms with van der Waals surface area (Å²) in [7, 11) is 0. The molecule has 0 aliphatic heterocycles. The van der Waals surface area contributed by atoms with Crippen molar-refractivity contribution in [3.63, 3.8) is 0 Å². The Kier molecular flexibility index (Phi) is 6.22. The zero-order valence-electron chi connectivity index (χ0n) is 12.1. The van der Waals surface area contributed by atoms with Crippen LogP contribution in [0.3, 0.4) is 0 Å². The summed E-state index contributed by atoms with van der Waals surface area (Å²) in [5.74, 6) is 3.33. The summed E-state index contributed by atoms with van der Waals surface area (Å²) in [5.41, 5.74) is 7.00. The average molecular weight is 289 g/mol. The molecule has 0 aromatic heterocycles. The molecule has 2 aromatic rings. The van der Waals surface area contributed by atoms with Gasteiger partial charge in [0.25, 0.3) is 0 Å². The quantitative estimate of drug-likeness (QED) is 0.749. The first kappa shape index (κ1) is 15.2. The molecular weight excluding hydrogens is 266 g/mol. The topological polar surface area (TPSA) is 35.2 Å². The molecule has 0 atom stereocenters. The first-order chi connectivity index (χ1) is 9.86. The van der Waals surface area contributed by atoms with Crippen molar-refractivity contribution in [3.8, 4) is 5.75 Å². The van der Waals surface area contributed by atoms with Gasteiger partial charge in [0.05, 0.1) is 6.61 Å². The molecule has 0 aliphatic rings.